The average Bonchev–Trinajstić information content (AvgIpc) is 2.48. The molecule has 0 saturated carbocycles. The van der Waals surface area contributed by atoms with Gasteiger partial charge in [0, 0.05) is 11.5 Å². The largest absolute Gasteiger partial charge is 0.490 e. The van der Waals surface area contributed by atoms with E-state index in [-0.39, 0.29) is 12.4 Å². The summed E-state index contributed by atoms with van der Waals surface area (Å²) in [5.74, 6) is 5.43. The maximum Gasteiger partial charge on any atom is 0.165 e. The summed E-state index contributed by atoms with van der Waals surface area (Å²) in [7, 11) is 0. The van der Waals surface area contributed by atoms with Crippen molar-refractivity contribution in [2.75, 3.05) is 13.2 Å². The van der Waals surface area contributed by atoms with E-state index in [1.54, 1.807) is 12.1 Å². The summed E-state index contributed by atoms with van der Waals surface area (Å²) in [6, 6.07) is 12.7. The lowest BCUT2D eigenvalue weighted by Crippen LogP contribution is -2.23. The van der Waals surface area contributed by atoms with Gasteiger partial charge in [-0.25, -0.2) is 4.39 Å². The lowest BCUT2D eigenvalue weighted by atomic mass is 9.78. The average molecular weight is 282 g/mol. The first-order valence-corrected chi connectivity index (χ1v) is 6.88. The van der Waals surface area contributed by atoms with Gasteiger partial charge in [-0.05, 0) is 35.7 Å². The molecule has 2 nitrogen and oxygen atoms in total. The highest BCUT2D eigenvalue weighted by Gasteiger charge is 2.26. The Morgan fingerprint density at radius 2 is 2.10 bits per heavy atom. The highest BCUT2D eigenvalue weighted by Crippen LogP contribution is 2.35. The van der Waals surface area contributed by atoms with Crippen molar-refractivity contribution in [1.29, 1.82) is 0 Å². The Morgan fingerprint density at radius 3 is 2.90 bits per heavy atom. The van der Waals surface area contributed by atoms with Crippen LogP contribution in [0.25, 0.3) is 0 Å². The second kappa shape index (κ2) is 5.99. The van der Waals surface area contributed by atoms with Crippen LogP contribution in [-0.2, 0) is 6.42 Å². The van der Waals surface area contributed by atoms with Gasteiger partial charge in [0.05, 0.1) is 6.61 Å². The van der Waals surface area contributed by atoms with E-state index in [4.69, 9.17) is 9.84 Å². The van der Waals surface area contributed by atoms with Crippen LogP contribution in [-0.4, -0.2) is 18.3 Å². The standard InChI is InChI=1S/C18H15FO2/c19-17-8-7-13(4-3-9-20)10-18(17)21-12-15-11-14-5-1-2-6-16(14)15/h1-2,5-8,10,15,20H,9,11-12H2. The Labute approximate surface area is 123 Å². The molecule has 3 rings (SSSR count). The fourth-order valence-corrected chi connectivity index (χ4v) is 2.54. The highest BCUT2D eigenvalue weighted by molar-refractivity contribution is 5.42. The molecule has 1 N–H and O–H groups in total. The normalized spacial score (nSPS) is 15.4. The summed E-state index contributed by atoms with van der Waals surface area (Å²) < 4.78 is 19.4. The SMILES string of the molecule is OCC#Cc1ccc(F)c(OCC2Cc3ccccc32)c1. The highest BCUT2D eigenvalue weighted by atomic mass is 19.1. The molecule has 21 heavy (non-hydrogen) atoms. The van der Waals surface area contributed by atoms with Gasteiger partial charge in [-0.1, -0.05) is 36.1 Å². The first-order valence-electron chi connectivity index (χ1n) is 6.88. The first-order chi connectivity index (χ1) is 10.3. The van der Waals surface area contributed by atoms with Crippen molar-refractivity contribution in [3.63, 3.8) is 0 Å². The molecule has 0 aliphatic heterocycles. The zero-order chi connectivity index (χ0) is 14.7. The van der Waals surface area contributed by atoms with Crippen LogP contribution in [0.4, 0.5) is 4.39 Å². The lowest BCUT2D eigenvalue weighted by Gasteiger charge is -2.29. The predicted octanol–water partition coefficient (Wildman–Crippen LogP) is 2.89. The number of halogens is 1. The third-order valence-electron chi connectivity index (χ3n) is 3.64. The number of ether oxygens (including phenoxy) is 1. The number of fused-ring (bicyclic) bond motifs is 1. The van der Waals surface area contributed by atoms with Gasteiger partial charge >= 0.3 is 0 Å². The van der Waals surface area contributed by atoms with Gasteiger partial charge in [0.1, 0.15) is 6.61 Å². The number of aliphatic hydroxyl groups is 1. The third-order valence-corrected chi connectivity index (χ3v) is 3.64. The van der Waals surface area contributed by atoms with Crippen LogP contribution in [0.3, 0.4) is 0 Å². The van der Waals surface area contributed by atoms with Crippen LogP contribution in [0.15, 0.2) is 42.5 Å². The Bertz CT molecular complexity index is 713. The molecule has 1 aliphatic carbocycles. The van der Waals surface area contributed by atoms with Gasteiger partial charge in [-0.2, -0.15) is 0 Å². The third kappa shape index (κ3) is 2.91. The molecule has 0 amide bonds. The molecule has 1 atom stereocenters. The number of benzene rings is 2. The smallest absolute Gasteiger partial charge is 0.165 e. The van der Waals surface area contributed by atoms with Gasteiger partial charge in [-0.3, -0.25) is 0 Å². The molecule has 0 fully saturated rings. The molecule has 0 radical (unpaired) electrons. The predicted molar refractivity (Wildman–Crippen MR) is 78.7 cm³/mol. The molecule has 2 aromatic rings. The zero-order valence-electron chi connectivity index (χ0n) is 11.5. The maximum absolute atomic E-state index is 13.7. The summed E-state index contributed by atoms with van der Waals surface area (Å²) in [4.78, 5) is 0. The molecule has 0 spiro atoms. The van der Waals surface area contributed by atoms with E-state index in [1.165, 1.54) is 17.2 Å². The number of hydrogen-bond acceptors (Lipinski definition) is 2. The topological polar surface area (TPSA) is 29.5 Å². The summed E-state index contributed by atoms with van der Waals surface area (Å²) in [6.45, 7) is 0.247. The van der Waals surface area contributed by atoms with Crippen molar-refractivity contribution < 1.29 is 14.2 Å². The van der Waals surface area contributed by atoms with Crippen molar-refractivity contribution in [2.45, 2.75) is 12.3 Å². The number of hydrogen-bond donors (Lipinski definition) is 1. The molecule has 3 heteroatoms. The maximum atomic E-state index is 13.7. The number of rotatable bonds is 3. The summed E-state index contributed by atoms with van der Waals surface area (Å²) in [6.07, 6.45) is 0.974. The molecule has 0 saturated heterocycles. The fourth-order valence-electron chi connectivity index (χ4n) is 2.54. The molecule has 1 unspecified atom stereocenters. The lowest BCUT2D eigenvalue weighted by molar-refractivity contribution is 0.263. The Balaban J connectivity index is 1.68. The van der Waals surface area contributed by atoms with E-state index in [2.05, 4.69) is 24.0 Å². The summed E-state index contributed by atoms with van der Waals surface area (Å²) in [5.41, 5.74) is 3.26. The van der Waals surface area contributed by atoms with Gasteiger partial charge in [-0.15, -0.1) is 0 Å². The van der Waals surface area contributed by atoms with E-state index < -0.39 is 5.82 Å². The Kier molecular flexibility index (Phi) is 3.89. The van der Waals surface area contributed by atoms with Crippen molar-refractivity contribution in [2.24, 2.45) is 0 Å². The second-order valence-corrected chi connectivity index (χ2v) is 5.02. The molecule has 106 valence electrons. The molecule has 0 heterocycles. The van der Waals surface area contributed by atoms with Gasteiger partial charge < -0.3 is 9.84 Å². The van der Waals surface area contributed by atoms with Crippen molar-refractivity contribution in [1.82, 2.24) is 0 Å². The molecular formula is C18H15FO2. The molecule has 2 aromatic carbocycles. The Hall–Kier alpha value is -2.31. The number of aliphatic hydroxyl groups excluding tert-OH is 1. The van der Waals surface area contributed by atoms with Crippen LogP contribution >= 0.6 is 0 Å². The van der Waals surface area contributed by atoms with Gasteiger partial charge in [0.25, 0.3) is 0 Å². The van der Waals surface area contributed by atoms with Crippen LogP contribution in [0.5, 0.6) is 5.75 Å². The molecule has 1 aliphatic rings. The molecule has 0 bridgehead atoms. The van der Waals surface area contributed by atoms with E-state index in [1.807, 2.05) is 12.1 Å². The molecular weight excluding hydrogens is 267 g/mol. The quantitative estimate of drug-likeness (QED) is 0.877. The van der Waals surface area contributed by atoms with Gasteiger partial charge in [0.2, 0.25) is 0 Å². The van der Waals surface area contributed by atoms with Crippen LogP contribution in [0.2, 0.25) is 0 Å². The second-order valence-electron chi connectivity index (χ2n) is 5.02. The molecule has 0 aromatic heterocycles. The minimum absolute atomic E-state index is 0.212. The van der Waals surface area contributed by atoms with E-state index in [9.17, 15) is 4.39 Å². The van der Waals surface area contributed by atoms with Crippen LogP contribution < -0.4 is 4.74 Å². The minimum atomic E-state index is -0.392. The fraction of sp³-hybridized carbons (Fsp3) is 0.222. The first kappa shape index (κ1) is 13.7. The van der Waals surface area contributed by atoms with E-state index >= 15 is 0 Å². The van der Waals surface area contributed by atoms with E-state index in [0.717, 1.165) is 6.42 Å². The monoisotopic (exact) mass is 282 g/mol. The zero-order valence-corrected chi connectivity index (χ0v) is 11.5. The van der Waals surface area contributed by atoms with Crippen molar-refractivity contribution in [3.05, 3.63) is 65.0 Å². The van der Waals surface area contributed by atoms with Crippen molar-refractivity contribution >= 4 is 0 Å². The minimum Gasteiger partial charge on any atom is -0.490 e. The van der Waals surface area contributed by atoms with Crippen LogP contribution in [0, 0.1) is 17.7 Å². The summed E-state index contributed by atoms with van der Waals surface area (Å²) in [5, 5.41) is 8.68. The Morgan fingerprint density at radius 1 is 1.24 bits per heavy atom. The van der Waals surface area contributed by atoms with Crippen molar-refractivity contribution in [3.8, 4) is 17.6 Å². The van der Waals surface area contributed by atoms with Crippen LogP contribution in [0.1, 0.15) is 22.6 Å². The van der Waals surface area contributed by atoms with E-state index in [0.29, 0.717) is 18.1 Å². The van der Waals surface area contributed by atoms with Gasteiger partial charge in [0.15, 0.2) is 11.6 Å². The summed E-state index contributed by atoms with van der Waals surface area (Å²) >= 11 is 0.